The number of nitro benzene ring substituents is 1. The quantitative estimate of drug-likeness (QED) is 0.529. The Labute approximate surface area is 117 Å². The predicted molar refractivity (Wildman–Crippen MR) is 71.2 cm³/mol. The van der Waals surface area contributed by atoms with Crippen LogP contribution >= 0.6 is 0 Å². The highest BCUT2D eigenvalue weighted by Gasteiger charge is 2.26. The third-order valence-corrected chi connectivity index (χ3v) is 4.00. The zero-order valence-electron chi connectivity index (χ0n) is 10.1. The summed E-state index contributed by atoms with van der Waals surface area (Å²) in [6.07, 6.45) is 0. The maximum absolute atomic E-state index is 12.4. The summed E-state index contributed by atoms with van der Waals surface area (Å²) < 4.78 is 12.4. The lowest BCUT2D eigenvalue weighted by molar-refractivity contribution is -0.385. The Morgan fingerprint density at radius 1 is 1.15 bits per heavy atom. The fourth-order valence-corrected chi connectivity index (χ4v) is 2.87. The van der Waals surface area contributed by atoms with Crippen LogP contribution in [0.3, 0.4) is 0 Å². The highest BCUT2D eigenvalue weighted by Crippen LogP contribution is 2.27. The standard InChI is InChI=1S/C13H9NO5S/c15-13(16)11-7-6-9(14(17)18)8-12(11)20(19)10-4-2-1-3-5-10/h1-8H,(H,15,16). The van der Waals surface area contributed by atoms with Crippen molar-refractivity contribution in [3.63, 3.8) is 0 Å². The van der Waals surface area contributed by atoms with Gasteiger partial charge in [-0.2, -0.15) is 0 Å². The molecule has 0 aromatic heterocycles. The second-order valence-corrected chi connectivity index (χ2v) is 5.27. The minimum atomic E-state index is -1.79. The van der Waals surface area contributed by atoms with E-state index in [0.717, 1.165) is 18.2 Å². The number of carboxylic acid groups (broad SMARTS) is 1. The van der Waals surface area contributed by atoms with E-state index >= 15 is 0 Å². The fourth-order valence-electron chi connectivity index (χ4n) is 1.63. The number of aromatic carboxylic acids is 1. The van der Waals surface area contributed by atoms with Crippen LogP contribution in [0.25, 0.3) is 0 Å². The first-order valence-corrected chi connectivity index (χ1v) is 6.64. The van der Waals surface area contributed by atoms with E-state index < -0.39 is 22.1 Å². The van der Waals surface area contributed by atoms with E-state index in [2.05, 4.69) is 0 Å². The van der Waals surface area contributed by atoms with Gasteiger partial charge in [0, 0.05) is 17.2 Å². The smallest absolute Gasteiger partial charge is 0.340 e. The van der Waals surface area contributed by atoms with Crippen LogP contribution in [0.4, 0.5) is 5.69 Å². The predicted octanol–water partition coefficient (Wildman–Crippen LogP) is 2.46. The maximum Gasteiger partial charge on any atom is 0.340 e. The molecular formula is C13H9NO5S. The van der Waals surface area contributed by atoms with E-state index in [4.69, 9.17) is 5.11 Å². The lowest BCUT2D eigenvalue weighted by Gasteiger charge is -2.11. The molecule has 1 unspecified atom stereocenters. The first-order valence-electron chi connectivity index (χ1n) is 5.49. The van der Waals surface area contributed by atoms with Crippen molar-refractivity contribution < 1.29 is 19.4 Å². The van der Waals surface area contributed by atoms with Crippen LogP contribution in [-0.2, 0) is 11.2 Å². The summed E-state index contributed by atoms with van der Waals surface area (Å²) in [5.74, 6) is -1.28. The van der Waals surface area contributed by atoms with Crippen molar-refractivity contribution in [3.8, 4) is 0 Å². The van der Waals surface area contributed by atoms with E-state index in [1.165, 1.54) is 0 Å². The maximum atomic E-state index is 12.4. The molecule has 2 aromatic rings. The summed E-state index contributed by atoms with van der Waals surface area (Å²) in [4.78, 5) is 21.5. The van der Waals surface area contributed by atoms with Gasteiger partial charge in [-0.3, -0.25) is 10.1 Å². The zero-order chi connectivity index (χ0) is 14.7. The summed E-state index contributed by atoms with van der Waals surface area (Å²) >= 11 is -1.79. The monoisotopic (exact) mass is 291 g/mol. The Morgan fingerprint density at radius 2 is 1.80 bits per heavy atom. The van der Waals surface area contributed by atoms with E-state index in [-0.39, 0.29) is 16.1 Å². The number of benzene rings is 2. The summed E-state index contributed by atoms with van der Waals surface area (Å²) in [7, 11) is 0. The molecule has 7 heteroatoms. The second kappa shape index (κ2) is 5.72. The van der Waals surface area contributed by atoms with Crippen molar-refractivity contribution in [2.75, 3.05) is 0 Å². The molecule has 2 aromatic carbocycles. The molecule has 20 heavy (non-hydrogen) atoms. The van der Waals surface area contributed by atoms with E-state index in [9.17, 15) is 19.5 Å². The summed E-state index contributed by atoms with van der Waals surface area (Å²) in [5.41, 5.74) is -0.507. The van der Waals surface area contributed by atoms with Crippen LogP contribution < -0.4 is 0 Å². The van der Waals surface area contributed by atoms with Crippen LogP contribution in [0.5, 0.6) is 0 Å². The molecule has 0 fully saturated rings. The van der Waals surface area contributed by atoms with Gasteiger partial charge < -0.3 is 9.66 Å². The van der Waals surface area contributed by atoms with E-state index in [1.807, 2.05) is 0 Å². The highest BCUT2D eigenvalue weighted by molar-refractivity contribution is 7.91. The van der Waals surface area contributed by atoms with Gasteiger partial charge in [-0.15, -0.1) is 0 Å². The third kappa shape index (κ3) is 2.79. The molecule has 102 valence electrons. The second-order valence-electron chi connectivity index (χ2n) is 3.82. The lowest BCUT2D eigenvalue weighted by Crippen LogP contribution is -2.10. The van der Waals surface area contributed by atoms with Crippen molar-refractivity contribution in [1.82, 2.24) is 0 Å². The molecular weight excluding hydrogens is 282 g/mol. The SMILES string of the molecule is O=C(O)c1ccc([N+](=O)[O-])cc1[S+]([O-])c1ccccc1. The number of hydrogen-bond acceptors (Lipinski definition) is 4. The Morgan fingerprint density at radius 3 is 2.35 bits per heavy atom. The van der Waals surface area contributed by atoms with Crippen LogP contribution in [0.1, 0.15) is 10.4 Å². The van der Waals surface area contributed by atoms with Crippen LogP contribution in [0.15, 0.2) is 58.3 Å². The lowest BCUT2D eigenvalue weighted by atomic mass is 10.2. The minimum Gasteiger partial charge on any atom is -0.606 e. The first-order chi connectivity index (χ1) is 9.50. The van der Waals surface area contributed by atoms with Crippen LogP contribution in [-0.4, -0.2) is 20.6 Å². The van der Waals surface area contributed by atoms with Gasteiger partial charge >= 0.3 is 5.97 Å². The number of rotatable bonds is 4. The minimum absolute atomic E-state index is 0.0853. The van der Waals surface area contributed by atoms with Crippen LogP contribution in [0, 0.1) is 10.1 Å². The molecule has 0 spiro atoms. The number of carboxylic acids is 1. The van der Waals surface area contributed by atoms with Gasteiger partial charge in [0.1, 0.15) is 5.56 Å². The molecule has 0 saturated carbocycles. The molecule has 0 aliphatic heterocycles. The Kier molecular flexibility index (Phi) is 4.02. The molecule has 0 bridgehead atoms. The molecule has 1 atom stereocenters. The summed E-state index contributed by atoms with van der Waals surface area (Å²) in [6, 6.07) is 11.4. The average Bonchev–Trinajstić information content (AvgIpc) is 2.46. The van der Waals surface area contributed by atoms with Gasteiger partial charge in [-0.1, -0.05) is 18.2 Å². The summed E-state index contributed by atoms with van der Waals surface area (Å²) in [6.45, 7) is 0. The molecule has 0 radical (unpaired) electrons. The van der Waals surface area contributed by atoms with Gasteiger partial charge in [-0.25, -0.2) is 4.79 Å². The highest BCUT2D eigenvalue weighted by atomic mass is 32.2. The topological polar surface area (TPSA) is 104 Å². The number of non-ortho nitro benzene ring substituents is 1. The Bertz CT molecular complexity index is 659. The molecule has 0 heterocycles. The molecule has 0 saturated heterocycles. The van der Waals surface area contributed by atoms with Crippen LogP contribution in [0.2, 0.25) is 0 Å². The van der Waals surface area contributed by atoms with Gasteiger partial charge in [-0.05, 0) is 18.2 Å². The van der Waals surface area contributed by atoms with Crippen molar-refractivity contribution in [2.45, 2.75) is 9.79 Å². The van der Waals surface area contributed by atoms with E-state index in [1.54, 1.807) is 30.3 Å². The fraction of sp³-hybridized carbons (Fsp3) is 0. The van der Waals surface area contributed by atoms with Gasteiger partial charge in [0.05, 0.1) is 11.0 Å². The van der Waals surface area contributed by atoms with E-state index in [0.29, 0.717) is 4.90 Å². The Balaban J connectivity index is 2.55. The van der Waals surface area contributed by atoms with Gasteiger partial charge in [0.25, 0.3) is 5.69 Å². The zero-order valence-corrected chi connectivity index (χ0v) is 10.9. The largest absolute Gasteiger partial charge is 0.606 e. The molecule has 6 nitrogen and oxygen atoms in total. The van der Waals surface area contributed by atoms with Gasteiger partial charge in [0.15, 0.2) is 9.79 Å². The van der Waals surface area contributed by atoms with Gasteiger partial charge in [0.2, 0.25) is 0 Å². The Hall–Kier alpha value is -2.38. The molecule has 2 rings (SSSR count). The normalized spacial score (nSPS) is 11.8. The van der Waals surface area contributed by atoms with Crippen molar-refractivity contribution in [1.29, 1.82) is 0 Å². The number of nitrogens with zero attached hydrogens (tertiary/aromatic N) is 1. The average molecular weight is 291 g/mol. The number of hydrogen-bond donors (Lipinski definition) is 1. The molecule has 0 amide bonds. The molecule has 0 aliphatic rings. The van der Waals surface area contributed by atoms with Crippen molar-refractivity contribution in [3.05, 3.63) is 64.2 Å². The number of carbonyl (C=O) groups is 1. The molecule has 0 aliphatic carbocycles. The number of nitro groups is 1. The van der Waals surface area contributed by atoms with Crippen molar-refractivity contribution >= 4 is 22.8 Å². The third-order valence-electron chi connectivity index (χ3n) is 2.56. The summed E-state index contributed by atoms with van der Waals surface area (Å²) in [5, 5.41) is 19.8. The van der Waals surface area contributed by atoms with Crippen molar-refractivity contribution in [2.24, 2.45) is 0 Å². The first kappa shape index (κ1) is 14.0. The molecule has 1 N–H and O–H groups in total.